The molecule has 2 aromatic rings. The van der Waals surface area contributed by atoms with Crippen molar-refractivity contribution in [2.75, 3.05) is 24.6 Å². The van der Waals surface area contributed by atoms with E-state index in [9.17, 15) is 8.42 Å². The van der Waals surface area contributed by atoms with Crippen LogP contribution in [0.1, 0.15) is 0 Å². The van der Waals surface area contributed by atoms with Gasteiger partial charge in [0.25, 0.3) is 10.0 Å². The largest absolute Gasteiger partial charge is 0.491 e. The predicted molar refractivity (Wildman–Crippen MR) is 83.7 cm³/mol. The maximum atomic E-state index is 12.7. The quantitative estimate of drug-likeness (QED) is 0.767. The summed E-state index contributed by atoms with van der Waals surface area (Å²) in [5.41, 5.74) is 0.611. The van der Waals surface area contributed by atoms with Crippen LogP contribution in [0.4, 0.5) is 5.69 Å². The van der Waals surface area contributed by atoms with Crippen molar-refractivity contribution in [3.63, 3.8) is 0 Å². The number of sulfonamides is 1. The van der Waals surface area contributed by atoms with E-state index < -0.39 is 10.0 Å². The number of para-hydroxylation sites is 1. The van der Waals surface area contributed by atoms with Crippen LogP contribution in [0, 0.1) is 0 Å². The fourth-order valence-corrected chi connectivity index (χ4v) is 3.24. The maximum absolute atomic E-state index is 12.7. The Hall–Kier alpha value is -2.05. The second-order valence-electron chi connectivity index (χ2n) is 5.05. The minimum Gasteiger partial charge on any atom is -0.491 e. The highest BCUT2D eigenvalue weighted by molar-refractivity contribution is 7.92. The molecular weight excluding hydrogens is 302 g/mol. The van der Waals surface area contributed by atoms with Gasteiger partial charge in [0.2, 0.25) is 0 Å². The molecule has 3 rings (SSSR count). The molecule has 6 heteroatoms. The van der Waals surface area contributed by atoms with Crippen LogP contribution in [-0.4, -0.2) is 34.8 Å². The van der Waals surface area contributed by atoms with Gasteiger partial charge in [0.1, 0.15) is 18.5 Å². The molecule has 0 radical (unpaired) electrons. The predicted octanol–water partition coefficient (Wildman–Crippen LogP) is 2.29. The summed E-state index contributed by atoms with van der Waals surface area (Å²) in [5, 5.41) is 0. The number of ether oxygens (including phenoxy) is 2. The zero-order valence-electron chi connectivity index (χ0n) is 12.2. The van der Waals surface area contributed by atoms with Crippen LogP contribution in [0.2, 0.25) is 0 Å². The third-order valence-electron chi connectivity index (χ3n) is 3.42. The van der Waals surface area contributed by atoms with Gasteiger partial charge in [-0.3, -0.25) is 4.31 Å². The average Bonchev–Trinajstić information content (AvgIpc) is 3.37. The second-order valence-corrected chi connectivity index (χ2v) is 7.02. The van der Waals surface area contributed by atoms with Crippen LogP contribution in [-0.2, 0) is 14.8 Å². The highest BCUT2D eigenvalue weighted by Gasteiger charge is 2.24. The summed E-state index contributed by atoms with van der Waals surface area (Å²) in [4.78, 5) is 0.202. The normalized spacial score (nSPS) is 17.0. The summed E-state index contributed by atoms with van der Waals surface area (Å²) >= 11 is 0. The van der Waals surface area contributed by atoms with Crippen LogP contribution < -0.4 is 9.04 Å². The molecule has 0 bridgehead atoms. The topological polar surface area (TPSA) is 59.1 Å². The van der Waals surface area contributed by atoms with Crippen molar-refractivity contribution in [2.45, 2.75) is 11.0 Å². The van der Waals surface area contributed by atoms with Crippen LogP contribution in [0.15, 0.2) is 59.5 Å². The molecule has 1 fully saturated rings. The fraction of sp³-hybridized carbons (Fsp3) is 0.250. The van der Waals surface area contributed by atoms with Gasteiger partial charge >= 0.3 is 0 Å². The van der Waals surface area contributed by atoms with Gasteiger partial charge in [0.05, 0.1) is 17.2 Å². The van der Waals surface area contributed by atoms with E-state index in [1.165, 1.54) is 17.4 Å². The van der Waals surface area contributed by atoms with Crippen molar-refractivity contribution in [2.24, 2.45) is 0 Å². The van der Waals surface area contributed by atoms with Crippen LogP contribution >= 0.6 is 0 Å². The average molecular weight is 319 g/mol. The highest BCUT2D eigenvalue weighted by Crippen LogP contribution is 2.25. The first-order valence-corrected chi connectivity index (χ1v) is 8.40. The first-order chi connectivity index (χ1) is 10.6. The fourth-order valence-electron chi connectivity index (χ4n) is 2.01. The summed E-state index contributed by atoms with van der Waals surface area (Å²) in [7, 11) is -2.08. The minimum atomic E-state index is -3.62. The molecule has 0 N–H and O–H groups in total. The van der Waals surface area contributed by atoms with Gasteiger partial charge in [-0.25, -0.2) is 8.42 Å². The molecule has 5 nitrogen and oxygen atoms in total. The van der Waals surface area contributed by atoms with Crippen LogP contribution in [0.25, 0.3) is 0 Å². The van der Waals surface area contributed by atoms with Crippen molar-refractivity contribution in [3.05, 3.63) is 54.6 Å². The van der Waals surface area contributed by atoms with Crippen molar-refractivity contribution in [1.82, 2.24) is 0 Å². The van der Waals surface area contributed by atoms with E-state index in [1.807, 2.05) is 6.07 Å². The van der Waals surface area contributed by atoms with Crippen molar-refractivity contribution < 1.29 is 17.9 Å². The Bertz CT molecular complexity index is 742. The van der Waals surface area contributed by atoms with Gasteiger partial charge in [0.15, 0.2) is 0 Å². The Kier molecular flexibility index (Phi) is 4.04. The van der Waals surface area contributed by atoms with Crippen molar-refractivity contribution in [3.8, 4) is 5.75 Å². The number of anilines is 1. The van der Waals surface area contributed by atoms with E-state index in [2.05, 4.69) is 0 Å². The van der Waals surface area contributed by atoms with E-state index in [0.29, 0.717) is 24.7 Å². The van der Waals surface area contributed by atoms with Crippen molar-refractivity contribution >= 4 is 15.7 Å². The zero-order chi connectivity index (χ0) is 15.6. The second kappa shape index (κ2) is 5.98. The smallest absolute Gasteiger partial charge is 0.264 e. The minimum absolute atomic E-state index is 0.132. The van der Waals surface area contributed by atoms with Crippen LogP contribution in [0.5, 0.6) is 5.75 Å². The van der Waals surface area contributed by atoms with E-state index >= 15 is 0 Å². The van der Waals surface area contributed by atoms with Gasteiger partial charge in [-0.15, -0.1) is 0 Å². The Morgan fingerprint density at radius 3 is 2.59 bits per heavy atom. The Morgan fingerprint density at radius 1 is 1.18 bits per heavy atom. The molecule has 0 aliphatic carbocycles. The summed E-state index contributed by atoms with van der Waals surface area (Å²) in [6, 6.07) is 15.5. The molecule has 2 aromatic carbocycles. The molecule has 1 aliphatic heterocycles. The Labute approximate surface area is 130 Å². The van der Waals surface area contributed by atoms with Crippen LogP contribution in [0.3, 0.4) is 0 Å². The van der Waals surface area contributed by atoms with E-state index in [4.69, 9.17) is 9.47 Å². The van der Waals surface area contributed by atoms with Gasteiger partial charge in [0, 0.05) is 13.1 Å². The number of benzene rings is 2. The van der Waals surface area contributed by atoms with Gasteiger partial charge in [-0.1, -0.05) is 24.3 Å². The molecule has 1 aliphatic rings. The number of rotatable bonds is 6. The molecule has 0 spiro atoms. The molecular formula is C16H17NO4S. The number of epoxide rings is 1. The number of hydrogen-bond acceptors (Lipinski definition) is 4. The molecule has 1 heterocycles. The molecule has 0 aromatic heterocycles. The highest BCUT2D eigenvalue weighted by atomic mass is 32.2. The third-order valence-corrected chi connectivity index (χ3v) is 5.20. The molecule has 0 saturated carbocycles. The molecule has 22 heavy (non-hydrogen) atoms. The SMILES string of the molecule is CN(c1ccccc1)S(=O)(=O)c1cccc(OCC2CO2)c1. The molecule has 0 amide bonds. The lowest BCUT2D eigenvalue weighted by Gasteiger charge is -2.19. The first kappa shape index (κ1) is 14.9. The Morgan fingerprint density at radius 2 is 1.91 bits per heavy atom. The molecule has 116 valence electrons. The zero-order valence-corrected chi connectivity index (χ0v) is 13.0. The molecule has 1 unspecified atom stereocenters. The standard InChI is InChI=1S/C16H17NO4S/c1-17(13-6-3-2-4-7-13)22(18,19)16-9-5-8-14(10-16)20-11-15-12-21-15/h2-10,15H,11-12H2,1H3. The summed E-state index contributed by atoms with van der Waals surface area (Å²) < 4.78 is 37.2. The Balaban J connectivity index is 1.83. The molecule has 1 atom stereocenters. The lowest BCUT2D eigenvalue weighted by molar-refractivity contribution is 0.262. The first-order valence-electron chi connectivity index (χ1n) is 6.96. The summed E-state index contributed by atoms with van der Waals surface area (Å²) in [6.07, 6.45) is 0.132. The monoisotopic (exact) mass is 319 g/mol. The molecule has 1 saturated heterocycles. The van der Waals surface area contributed by atoms with E-state index in [-0.39, 0.29) is 11.0 Å². The number of hydrogen-bond donors (Lipinski definition) is 0. The maximum Gasteiger partial charge on any atom is 0.264 e. The van der Waals surface area contributed by atoms with Gasteiger partial charge in [-0.05, 0) is 24.3 Å². The summed E-state index contributed by atoms with van der Waals surface area (Å²) in [6.45, 7) is 1.15. The van der Waals surface area contributed by atoms with Crippen molar-refractivity contribution in [1.29, 1.82) is 0 Å². The third kappa shape index (κ3) is 3.23. The number of nitrogens with zero attached hydrogens (tertiary/aromatic N) is 1. The van der Waals surface area contributed by atoms with E-state index in [0.717, 1.165) is 0 Å². The lowest BCUT2D eigenvalue weighted by Crippen LogP contribution is -2.26. The lowest BCUT2D eigenvalue weighted by atomic mass is 10.3. The van der Waals surface area contributed by atoms with Gasteiger partial charge < -0.3 is 9.47 Å². The van der Waals surface area contributed by atoms with E-state index in [1.54, 1.807) is 42.5 Å². The summed E-state index contributed by atoms with van der Waals surface area (Å²) in [5.74, 6) is 0.526. The van der Waals surface area contributed by atoms with Gasteiger partial charge in [-0.2, -0.15) is 0 Å².